The maximum absolute atomic E-state index is 12.1. The van der Waals surface area contributed by atoms with Crippen LogP contribution >= 0.6 is 23.4 Å². The predicted octanol–water partition coefficient (Wildman–Crippen LogP) is 2.47. The molecular formula is C12H14ClN5OS. The average Bonchev–Trinajstić information content (AvgIpc) is 2.88. The molecule has 2 rings (SSSR count). The average molecular weight is 312 g/mol. The number of thioether (sulfide) groups is 1. The maximum Gasteiger partial charge on any atom is 0.238 e. The first-order valence-corrected chi connectivity index (χ1v) is 7.32. The topological polar surface area (TPSA) is 72.7 Å². The van der Waals surface area contributed by atoms with Crippen molar-refractivity contribution < 1.29 is 4.79 Å². The Morgan fingerprint density at radius 3 is 3.00 bits per heavy atom. The van der Waals surface area contributed by atoms with Gasteiger partial charge in [-0.05, 0) is 26.0 Å². The Kier molecular flexibility index (Phi) is 4.97. The van der Waals surface area contributed by atoms with Crippen molar-refractivity contribution in [2.75, 3.05) is 5.32 Å². The predicted molar refractivity (Wildman–Crippen MR) is 78.9 cm³/mol. The number of halogens is 1. The first kappa shape index (κ1) is 14.8. The lowest BCUT2D eigenvalue weighted by atomic mass is 10.4. The number of anilines is 1. The summed E-state index contributed by atoms with van der Waals surface area (Å²) in [5, 5.41) is 11.5. The third-order valence-corrected chi connectivity index (χ3v) is 3.87. The number of aromatic nitrogens is 4. The lowest BCUT2D eigenvalue weighted by Crippen LogP contribution is -2.23. The molecule has 20 heavy (non-hydrogen) atoms. The van der Waals surface area contributed by atoms with Crippen molar-refractivity contribution in [2.45, 2.75) is 30.8 Å². The van der Waals surface area contributed by atoms with Crippen molar-refractivity contribution in [3.63, 3.8) is 0 Å². The molecule has 106 valence electrons. The second-order valence-electron chi connectivity index (χ2n) is 4.01. The van der Waals surface area contributed by atoms with E-state index in [1.807, 2.05) is 18.4 Å². The van der Waals surface area contributed by atoms with E-state index in [9.17, 15) is 4.79 Å². The van der Waals surface area contributed by atoms with Crippen molar-refractivity contribution in [1.29, 1.82) is 0 Å². The maximum atomic E-state index is 12.1. The summed E-state index contributed by atoms with van der Waals surface area (Å²) in [5.41, 5.74) is 0. The molecule has 0 saturated heterocycles. The number of nitrogens with zero attached hydrogens (tertiary/aromatic N) is 4. The van der Waals surface area contributed by atoms with Gasteiger partial charge in [0.1, 0.15) is 12.1 Å². The van der Waals surface area contributed by atoms with Gasteiger partial charge in [0.15, 0.2) is 5.16 Å². The van der Waals surface area contributed by atoms with Gasteiger partial charge in [-0.25, -0.2) is 4.98 Å². The number of rotatable bonds is 5. The summed E-state index contributed by atoms with van der Waals surface area (Å²) in [5.74, 6) is 0.333. The van der Waals surface area contributed by atoms with E-state index in [1.54, 1.807) is 18.5 Å². The Morgan fingerprint density at radius 2 is 2.35 bits per heavy atom. The van der Waals surface area contributed by atoms with E-state index in [-0.39, 0.29) is 11.2 Å². The Bertz CT molecular complexity index is 586. The molecule has 0 saturated carbocycles. The number of hydrogen-bond acceptors (Lipinski definition) is 5. The minimum atomic E-state index is -0.304. The van der Waals surface area contributed by atoms with Gasteiger partial charge in [-0.2, -0.15) is 0 Å². The zero-order valence-electron chi connectivity index (χ0n) is 11.1. The number of pyridine rings is 1. The van der Waals surface area contributed by atoms with Gasteiger partial charge in [0, 0.05) is 12.7 Å². The molecule has 1 N–H and O–H groups in total. The zero-order chi connectivity index (χ0) is 14.5. The standard InChI is InChI=1S/C12H14ClN5OS/c1-3-18-7-15-17-12(18)20-8(2)11(19)16-10-5-4-9(13)6-14-10/h4-8H,3H2,1-2H3,(H,14,16,19)/t8-/m1/s1. The van der Waals surface area contributed by atoms with Crippen molar-refractivity contribution >= 4 is 35.1 Å². The number of carbonyl (C=O) groups is 1. The number of amides is 1. The van der Waals surface area contributed by atoms with Crippen LogP contribution in [0.3, 0.4) is 0 Å². The molecule has 0 spiro atoms. The van der Waals surface area contributed by atoms with Crippen LogP contribution in [0.2, 0.25) is 5.02 Å². The molecular weight excluding hydrogens is 298 g/mol. The minimum absolute atomic E-state index is 0.143. The van der Waals surface area contributed by atoms with Crippen LogP contribution in [0.5, 0.6) is 0 Å². The molecule has 0 unspecified atom stereocenters. The van der Waals surface area contributed by atoms with Gasteiger partial charge < -0.3 is 9.88 Å². The quantitative estimate of drug-likeness (QED) is 0.859. The highest BCUT2D eigenvalue weighted by Gasteiger charge is 2.18. The Hall–Kier alpha value is -1.60. The summed E-state index contributed by atoms with van der Waals surface area (Å²) < 4.78 is 1.88. The lowest BCUT2D eigenvalue weighted by molar-refractivity contribution is -0.115. The smallest absolute Gasteiger partial charge is 0.238 e. The van der Waals surface area contributed by atoms with E-state index in [1.165, 1.54) is 18.0 Å². The van der Waals surface area contributed by atoms with Crippen LogP contribution < -0.4 is 5.32 Å². The van der Waals surface area contributed by atoms with E-state index in [4.69, 9.17) is 11.6 Å². The minimum Gasteiger partial charge on any atom is -0.310 e. The summed E-state index contributed by atoms with van der Waals surface area (Å²) in [6, 6.07) is 3.34. The van der Waals surface area contributed by atoms with Gasteiger partial charge in [-0.15, -0.1) is 10.2 Å². The molecule has 8 heteroatoms. The summed E-state index contributed by atoms with van der Waals surface area (Å²) in [4.78, 5) is 16.1. The number of carbonyl (C=O) groups excluding carboxylic acids is 1. The first-order chi connectivity index (χ1) is 9.60. The van der Waals surface area contributed by atoms with Gasteiger partial charge in [0.2, 0.25) is 5.91 Å². The Labute approximate surface area is 125 Å². The van der Waals surface area contributed by atoms with Gasteiger partial charge in [-0.1, -0.05) is 23.4 Å². The third-order valence-electron chi connectivity index (χ3n) is 2.55. The van der Waals surface area contributed by atoms with Crippen molar-refractivity contribution in [3.8, 4) is 0 Å². The highest BCUT2D eigenvalue weighted by Crippen LogP contribution is 2.22. The third kappa shape index (κ3) is 3.71. The van der Waals surface area contributed by atoms with E-state index in [0.29, 0.717) is 10.8 Å². The Morgan fingerprint density at radius 1 is 1.55 bits per heavy atom. The monoisotopic (exact) mass is 311 g/mol. The van der Waals surface area contributed by atoms with Gasteiger partial charge >= 0.3 is 0 Å². The van der Waals surface area contributed by atoms with E-state index in [0.717, 1.165) is 11.7 Å². The lowest BCUT2D eigenvalue weighted by Gasteiger charge is -2.11. The summed E-state index contributed by atoms with van der Waals surface area (Å²) in [6.45, 7) is 4.57. The van der Waals surface area contributed by atoms with Gasteiger partial charge in [0.25, 0.3) is 0 Å². The Balaban J connectivity index is 1.97. The fourth-order valence-electron chi connectivity index (χ4n) is 1.44. The zero-order valence-corrected chi connectivity index (χ0v) is 12.6. The molecule has 6 nitrogen and oxygen atoms in total. The SMILES string of the molecule is CCn1cnnc1S[C@H](C)C(=O)Nc1ccc(Cl)cn1. The molecule has 0 bridgehead atoms. The molecule has 0 radical (unpaired) electrons. The molecule has 0 fully saturated rings. The molecule has 2 aromatic heterocycles. The summed E-state index contributed by atoms with van der Waals surface area (Å²) >= 11 is 7.10. The van der Waals surface area contributed by atoms with Crippen LogP contribution in [-0.4, -0.2) is 30.9 Å². The molecule has 0 aliphatic heterocycles. The van der Waals surface area contributed by atoms with Crippen molar-refractivity contribution in [1.82, 2.24) is 19.7 Å². The number of hydrogen-bond donors (Lipinski definition) is 1. The molecule has 2 heterocycles. The molecule has 1 amide bonds. The number of aryl methyl sites for hydroxylation is 1. The molecule has 0 aliphatic rings. The van der Waals surface area contributed by atoms with Crippen LogP contribution in [-0.2, 0) is 11.3 Å². The van der Waals surface area contributed by atoms with Crippen molar-refractivity contribution in [3.05, 3.63) is 29.7 Å². The van der Waals surface area contributed by atoms with Gasteiger partial charge in [0.05, 0.1) is 10.3 Å². The van der Waals surface area contributed by atoms with Crippen molar-refractivity contribution in [2.24, 2.45) is 0 Å². The van der Waals surface area contributed by atoms with Crippen LogP contribution in [0.4, 0.5) is 5.82 Å². The van der Waals surface area contributed by atoms with E-state index in [2.05, 4.69) is 20.5 Å². The highest BCUT2D eigenvalue weighted by atomic mass is 35.5. The fourth-order valence-corrected chi connectivity index (χ4v) is 2.44. The van der Waals surface area contributed by atoms with Crippen LogP contribution in [0.1, 0.15) is 13.8 Å². The second kappa shape index (κ2) is 6.71. The first-order valence-electron chi connectivity index (χ1n) is 6.07. The largest absolute Gasteiger partial charge is 0.310 e. The van der Waals surface area contributed by atoms with E-state index < -0.39 is 0 Å². The summed E-state index contributed by atoms with van der Waals surface area (Å²) in [6.07, 6.45) is 3.14. The van der Waals surface area contributed by atoms with Crippen LogP contribution in [0, 0.1) is 0 Å². The van der Waals surface area contributed by atoms with Gasteiger partial charge in [-0.3, -0.25) is 4.79 Å². The molecule has 0 aromatic carbocycles. The second-order valence-corrected chi connectivity index (χ2v) is 5.75. The van der Waals surface area contributed by atoms with Crippen LogP contribution in [0.25, 0.3) is 0 Å². The number of nitrogens with one attached hydrogen (secondary N) is 1. The molecule has 2 aromatic rings. The fraction of sp³-hybridized carbons (Fsp3) is 0.333. The molecule has 1 atom stereocenters. The normalized spacial score (nSPS) is 12.2. The van der Waals surface area contributed by atoms with E-state index >= 15 is 0 Å². The molecule has 0 aliphatic carbocycles. The highest BCUT2D eigenvalue weighted by molar-refractivity contribution is 8.00. The summed E-state index contributed by atoms with van der Waals surface area (Å²) in [7, 11) is 0. The van der Waals surface area contributed by atoms with Crippen LogP contribution in [0.15, 0.2) is 29.8 Å².